The van der Waals surface area contributed by atoms with Gasteiger partial charge in [-0.25, -0.2) is 9.97 Å². The summed E-state index contributed by atoms with van der Waals surface area (Å²) in [5.41, 5.74) is 4.15. The molecule has 160 valence electrons. The van der Waals surface area contributed by atoms with Gasteiger partial charge in [0.15, 0.2) is 0 Å². The highest BCUT2D eigenvalue weighted by atomic mass is 35.5. The first-order valence-electron chi connectivity index (χ1n) is 9.68. The molecule has 2 aromatic carbocycles. The Labute approximate surface area is 191 Å². The lowest BCUT2D eigenvalue weighted by atomic mass is 10.1. The Bertz CT molecular complexity index is 1130. The summed E-state index contributed by atoms with van der Waals surface area (Å²) in [6.45, 7) is 4.10. The highest BCUT2D eigenvalue weighted by molar-refractivity contribution is 6.33. The van der Waals surface area contributed by atoms with Crippen molar-refractivity contribution in [2.45, 2.75) is 20.3 Å². The third-order valence-corrected chi connectivity index (χ3v) is 5.19. The first-order chi connectivity index (χ1) is 14.9. The smallest absolute Gasteiger partial charge is 0.255 e. The molecule has 3 rings (SSSR count). The average Bonchev–Trinajstić information content (AvgIpc) is 2.76. The highest BCUT2D eigenvalue weighted by Crippen LogP contribution is 2.25. The number of halogens is 2. The Kier molecular flexibility index (Phi) is 7.60. The maximum absolute atomic E-state index is 12.5. The molecule has 0 aliphatic carbocycles. The predicted octanol–water partition coefficient (Wildman–Crippen LogP) is 5.40. The molecular formula is C23H22Cl2N4O2. The molecule has 0 atom stereocenters. The number of carbonyl (C=O) groups excluding carboxylic acids is 1. The number of nitrogens with one attached hydrogen (secondary N) is 1. The van der Waals surface area contributed by atoms with Crippen molar-refractivity contribution >= 4 is 40.5 Å². The van der Waals surface area contributed by atoms with Crippen molar-refractivity contribution < 1.29 is 9.53 Å². The van der Waals surface area contributed by atoms with E-state index in [2.05, 4.69) is 20.3 Å². The number of benzene rings is 2. The fourth-order valence-corrected chi connectivity index (χ4v) is 3.46. The lowest BCUT2D eigenvalue weighted by Gasteiger charge is -2.15. The van der Waals surface area contributed by atoms with Gasteiger partial charge in [0, 0.05) is 29.4 Å². The molecule has 0 radical (unpaired) electrons. The standard InChI is InChI=1S/C23H22Cl2N4O2/c1-4-18-21(22(25)28-13-27-18)19(26-3)12-31-20-11-17(9-8-14(20)2)29-23(30)15-6-5-7-16(24)10-15/h5-11,13H,4,12H2,1-3H3,(H,29,30). The zero-order valence-electron chi connectivity index (χ0n) is 17.4. The molecular weight excluding hydrogens is 435 g/mol. The van der Waals surface area contributed by atoms with E-state index in [9.17, 15) is 4.79 Å². The molecule has 0 bridgehead atoms. The molecule has 0 unspecified atom stereocenters. The summed E-state index contributed by atoms with van der Waals surface area (Å²) in [6, 6.07) is 12.2. The number of anilines is 1. The van der Waals surface area contributed by atoms with Crippen molar-refractivity contribution in [2.24, 2.45) is 4.99 Å². The van der Waals surface area contributed by atoms with E-state index in [0.717, 1.165) is 11.3 Å². The van der Waals surface area contributed by atoms with Gasteiger partial charge in [0.1, 0.15) is 23.8 Å². The number of aryl methyl sites for hydroxylation is 2. The molecule has 0 saturated carbocycles. The molecule has 0 spiro atoms. The molecule has 0 aliphatic heterocycles. The third-order valence-electron chi connectivity index (χ3n) is 4.67. The van der Waals surface area contributed by atoms with Crippen LogP contribution in [0.3, 0.4) is 0 Å². The number of rotatable bonds is 7. The summed E-state index contributed by atoms with van der Waals surface area (Å²) < 4.78 is 6.03. The average molecular weight is 457 g/mol. The maximum Gasteiger partial charge on any atom is 0.255 e. The molecule has 1 heterocycles. The van der Waals surface area contributed by atoms with E-state index < -0.39 is 0 Å². The zero-order valence-corrected chi connectivity index (χ0v) is 19.0. The van der Waals surface area contributed by atoms with Crippen LogP contribution in [0, 0.1) is 6.92 Å². The van der Waals surface area contributed by atoms with Crippen molar-refractivity contribution in [3.63, 3.8) is 0 Å². The topological polar surface area (TPSA) is 76.5 Å². The molecule has 1 aromatic heterocycles. The van der Waals surface area contributed by atoms with Gasteiger partial charge in [-0.1, -0.05) is 42.3 Å². The van der Waals surface area contributed by atoms with E-state index >= 15 is 0 Å². The predicted molar refractivity (Wildman–Crippen MR) is 125 cm³/mol. The van der Waals surface area contributed by atoms with E-state index in [0.29, 0.717) is 44.9 Å². The van der Waals surface area contributed by atoms with Crippen LogP contribution in [0.25, 0.3) is 0 Å². The number of carbonyl (C=O) groups is 1. The summed E-state index contributed by atoms with van der Waals surface area (Å²) in [5, 5.41) is 3.71. The van der Waals surface area contributed by atoms with E-state index in [1.807, 2.05) is 26.0 Å². The van der Waals surface area contributed by atoms with Gasteiger partial charge < -0.3 is 10.1 Å². The molecule has 3 aromatic rings. The van der Waals surface area contributed by atoms with Gasteiger partial charge in [-0.3, -0.25) is 9.79 Å². The molecule has 0 saturated heterocycles. The van der Waals surface area contributed by atoms with Crippen molar-refractivity contribution in [3.8, 4) is 5.75 Å². The molecule has 0 aliphatic rings. The van der Waals surface area contributed by atoms with Gasteiger partial charge in [-0.15, -0.1) is 0 Å². The number of amides is 1. The lowest BCUT2D eigenvalue weighted by Crippen LogP contribution is -2.17. The normalized spacial score (nSPS) is 11.3. The molecule has 6 nitrogen and oxygen atoms in total. The largest absolute Gasteiger partial charge is 0.487 e. The second-order valence-corrected chi connectivity index (χ2v) is 7.54. The first-order valence-corrected chi connectivity index (χ1v) is 10.4. The van der Waals surface area contributed by atoms with Gasteiger partial charge in [-0.2, -0.15) is 0 Å². The molecule has 1 N–H and O–H groups in total. The van der Waals surface area contributed by atoms with Gasteiger partial charge in [0.05, 0.1) is 17.0 Å². The number of hydrogen-bond acceptors (Lipinski definition) is 5. The molecule has 1 amide bonds. The molecule has 31 heavy (non-hydrogen) atoms. The number of hydrogen-bond donors (Lipinski definition) is 1. The van der Waals surface area contributed by atoms with E-state index in [1.54, 1.807) is 37.4 Å². The van der Waals surface area contributed by atoms with Crippen LogP contribution in [0.5, 0.6) is 5.75 Å². The minimum Gasteiger partial charge on any atom is -0.487 e. The maximum atomic E-state index is 12.5. The highest BCUT2D eigenvalue weighted by Gasteiger charge is 2.16. The van der Waals surface area contributed by atoms with Crippen molar-refractivity contribution in [2.75, 3.05) is 19.0 Å². The number of ether oxygens (including phenoxy) is 1. The Morgan fingerprint density at radius 2 is 1.97 bits per heavy atom. The molecule has 0 fully saturated rings. The minimum atomic E-state index is -0.256. The van der Waals surface area contributed by atoms with E-state index in [4.69, 9.17) is 27.9 Å². The van der Waals surface area contributed by atoms with Crippen LogP contribution in [0.4, 0.5) is 5.69 Å². The summed E-state index contributed by atoms with van der Waals surface area (Å²) >= 11 is 12.3. The summed E-state index contributed by atoms with van der Waals surface area (Å²) in [7, 11) is 1.68. The summed E-state index contributed by atoms with van der Waals surface area (Å²) in [5.74, 6) is 0.366. The first kappa shape index (κ1) is 22.7. The van der Waals surface area contributed by atoms with Crippen LogP contribution < -0.4 is 10.1 Å². The van der Waals surface area contributed by atoms with Gasteiger partial charge in [-0.05, 0) is 43.2 Å². The van der Waals surface area contributed by atoms with Crippen LogP contribution in [-0.4, -0.2) is 35.2 Å². The summed E-state index contributed by atoms with van der Waals surface area (Å²) in [6.07, 6.45) is 2.13. The fraction of sp³-hybridized carbons (Fsp3) is 0.217. The van der Waals surface area contributed by atoms with E-state index in [1.165, 1.54) is 6.33 Å². The third kappa shape index (κ3) is 5.60. The van der Waals surface area contributed by atoms with E-state index in [-0.39, 0.29) is 12.5 Å². The Balaban J connectivity index is 1.77. The van der Waals surface area contributed by atoms with Crippen LogP contribution in [0.2, 0.25) is 10.2 Å². The summed E-state index contributed by atoms with van der Waals surface area (Å²) in [4.78, 5) is 25.2. The number of aromatic nitrogens is 2. The Morgan fingerprint density at radius 1 is 1.16 bits per heavy atom. The second kappa shape index (κ2) is 10.4. The number of aliphatic imine (C=N–C) groups is 1. The van der Waals surface area contributed by atoms with Crippen molar-refractivity contribution in [1.29, 1.82) is 0 Å². The minimum absolute atomic E-state index is 0.184. The van der Waals surface area contributed by atoms with Gasteiger partial charge >= 0.3 is 0 Å². The van der Waals surface area contributed by atoms with Crippen LogP contribution in [0.1, 0.15) is 34.1 Å². The van der Waals surface area contributed by atoms with Crippen LogP contribution in [0.15, 0.2) is 53.8 Å². The zero-order chi connectivity index (χ0) is 22.4. The Hall–Kier alpha value is -2.96. The second-order valence-electron chi connectivity index (χ2n) is 6.74. The van der Waals surface area contributed by atoms with Gasteiger partial charge in [0.2, 0.25) is 0 Å². The fourth-order valence-electron chi connectivity index (χ4n) is 3.01. The number of nitrogens with zero attached hydrogens (tertiary/aromatic N) is 3. The SMILES string of the molecule is CCc1ncnc(Cl)c1C(COc1cc(NC(=O)c2cccc(Cl)c2)ccc1C)=NC. The van der Waals surface area contributed by atoms with Crippen molar-refractivity contribution in [3.05, 3.63) is 81.4 Å². The quantitative estimate of drug-likeness (QED) is 0.381. The molecule has 8 heteroatoms. The monoisotopic (exact) mass is 456 g/mol. The Morgan fingerprint density at radius 3 is 2.68 bits per heavy atom. The van der Waals surface area contributed by atoms with Crippen molar-refractivity contribution in [1.82, 2.24) is 9.97 Å². The lowest BCUT2D eigenvalue weighted by molar-refractivity contribution is 0.102. The van der Waals surface area contributed by atoms with Crippen LogP contribution >= 0.6 is 23.2 Å². The van der Waals surface area contributed by atoms with Crippen LogP contribution in [-0.2, 0) is 6.42 Å². The van der Waals surface area contributed by atoms with Gasteiger partial charge in [0.25, 0.3) is 5.91 Å².